The van der Waals surface area contributed by atoms with Gasteiger partial charge in [0, 0.05) is 67.4 Å². The summed E-state index contributed by atoms with van der Waals surface area (Å²) in [6.45, 7) is 6.40. The summed E-state index contributed by atoms with van der Waals surface area (Å²) >= 11 is 0. The fourth-order valence-electron chi connectivity index (χ4n) is 8.15. The molecule has 8 rings (SSSR count). The van der Waals surface area contributed by atoms with E-state index in [4.69, 9.17) is 9.72 Å². The van der Waals surface area contributed by atoms with Gasteiger partial charge >= 0.3 is 0 Å². The number of carbonyl (C=O) groups excluding carboxylic acids is 2. The summed E-state index contributed by atoms with van der Waals surface area (Å²) in [5.41, 5.74) is 4.93. The first-order chi connectivity index (χ1) is 21.8. The van der Waals surface area contributed by atoms with Gasteiger partial charge in [-0.1, -0.05) is 6.07 Å². The molecule has 0 aliphatic carbocycles. The summed E-state index contributed by atoms with van der Waals surface area (Å²) in [5, 5.41) is 4.57. The molecule has 4 saturated heterocycles. The number of anilines is 1. The largest absolute Gasteiger partial charge is 0.491 e. The van der Waals surface area contributed by atoms with Crippen molar-refractivity contribution in [1.82, 2.24) is 24.4 Å². The zero-order valence-corrected chi connectivity index (χ0v) is 25.7. The molecule has 1 amide bonds. The standard InChI is InChI=1S/C35H37FN6O3/c1-21-16-38-42-20-29(45-11-10-39-24-7-8-25(39)14-28(43)13-24)15-31(34(21)42)23-6-9-33(37-17-23)40-18-27-12-26(40)19-41(27)35(44)30-4-3-5-32(36)22(30)2/h3-6,9,15-17,20,24-27H,7-8,10-14,18-19H2,1-2H3. The Bertz CT molecular complexity index is 1790. The van der Waals surface area contributed by atoms with Gasteiger partial charge in [0.2, 0.25) is 0 Å². The van der Waals surface area contributed by atoms with Crippen LogP contribution in [0.5, 0.6) is 5.75 Å². The Hall–Kier alpha value is -4.31. The average Bonchev–Trinajstić information content (AvgIpc) is 3.80. The Kier molecular flexibility index (Phi) is 6.85. The van der Waals surface area contributed by atoms with E-state index in [1.54, 1.807) is 19.1 Å². The van der Waals surface area contributed by atoms with Crippen LogP contribution in [0.1, 0.15) is 53.6 Å². The van der Waals surface area contributed by atoms with Crippen molar-refractivity contribution in [3.05, 3.63) is 77.5 Å². The molecule has 45 heavy (non-hydrogen) atoms. The number of pyridine rings is 2. The van der Waals surface area contributed by atoms with E-state index >= 15 is 0 Å². The number of fused-ring (bicyclic) bond motifs is 5. The van der Waals surface area contributed by atoms with Crippen LogP contribution >= 0.6 is 0 Å². The first-order valence-electron chi connectivity index (χ1n) is 16.0. The van der Waals surface area contributed by atoms with Gasteiger partial charge in [-0.05, 0) is 74.6 Å². The number of benzene rings is 1. The quantitative estimate of drug-likeness (QED) is 0.297. The molecule has 3 aromatic heterocycles. The SMILES string of the molecule is Cc1c(F)cccc1C(=O)N1CC2CC1CN2c1ccc(-c2cc(OCCN3C4CCC3CC(=O)C4)cn3ncc(C)c23)cn1. The van der Waals surface area contributed by atoms with Crippen molar-refractivity contribution in [2.45, 2.75) is 70.1 Å². The van der Waals surface area contributed by atoms with E-state index in [9.17, 15) is 14.0 Å². The van der Waals surface area contributed by atoms with Crippen molar-refractivity contribution in [1.29, 1.82) is 0 Å². The molecule has 1 aromatic carbocycles. The van der Waals surface area contributed by atoms with Crippen LogP contribution in [0, 0.1) is 19.7 Å². The van der Waals surface area contributed by atoms with Crippen molar-refractivity contribution in [2.75, 3.05) is 31.1 Å². The highest BCUT2D eigenvalue weighted by molar-refractivity contribution is 5.96. The zero-order valence-electron chi connectivity index (χ0n) is 25.7. The van der Waals surface area contributed by atoms with Gasteiger partial charge in [-0.15, -0.1) is 0 Å². The summed E-state index contributed by atoms with van der Waals surface area (Å²) in [7, 11) is 0. The summed E-state index contributed by atoms with van der Waals surface area (Å²) in [5.74, 6) is 1.60. The highest BCUT2D eigenvalue weighted by atomic mass is 19.1. The van der Waals surface area contributed by atoms with Gasteiger partial charge in [-0.3, -0.25) is 14.5 Å². The lowest BCUT2D eigenvalue weighted by Gasteiger charge is -2.35. The number of aryl methyl sites for hydroxylation is 1. The van der Waals surface area contributed by atoms with Gasteiger partial charge in [0.25, 0.3) is 5.91 Å². The van der Waals surface area contributed by atoms with Gasteiger partial charge in [-0.2, -0.15) is 5.10 Å². The van der Waals surface area contributed by atoms with Crippen LogP contribution in [-0.2, 0) is 4.79 Å². The number of piperazine rings is 1. The van der Waals surface area contributed by atoms with Crippen LogP contribution in [0.3, 0.4) is 0 Å². The molecule has 4 unspecified atom stereocenters. The number of carbonyl (C=O) groups is 2. The predicted octanol–water partition coefficient (Wildman–Crippen LogP) is 4.83. The number of ketones is 1. The molecule has 4 atom stereocenters. The first-order valence-corrected chi connectivity index (χ1v) is 16.0. The molecule has 4 aliphatic heterocycles. The Morgan fingerprint density at radius 1 is 1.02 bits per heavy atom. The number of hydrogen-bond donors (Lipinski definition) is 0. The number of likely N-dealkylation sites (tertiary alicyclic amines) is 1. The van der Waals surface area contributed by atoms with Crippen molar-refractivity contribution in [3.8, 4) is 16.9 Å². The molecule has 10 heteroatoms. The van der Waals surface area contributed by atoms with E-state index in [2.05, 4.69) is 40.0 Å². The molecule has 4 fully saturated rings. The number of halogens is 1. The van der Waals surface area contributed by atoms with E-state index in [0.29, 0.717) is 61.5 Å². The summed E-state index contributed by atoms with van der Waals surface area (Å²) in [4.78, 5) is 36.8. The van der Waals surface area contributed by atoms with Crippen LogP contribution in [0.4, 0.5) is 10.2 Å². The van der Waals surface area contributed by atoms with E-state index in [1.807, 2.05) is 28.0 Å². The second-order valence-corrected chi connectivity index (χ2v) is 13.1. The molecule has 0 spiro atoms. The molecule has 7 heterocycles. The fraction of sp³-hybridized carbons (Fsp3) is 0.429. The lowest BCUT2D eigenvalue weighted by Crippen LogP contribution is -2.49. The van der Waals surface area contributed by atoms with Crippen LogP contribution in [0.15, 0.2) is 55.0 Å². The summed E-state index contributed by atoms with van der Waals surface area (Å²) < 4.78 is 22.3. The second kappa shape index (κ2) is 10.9. The molecular weight excluding hydrogens is 571 g/mol. The molecule has 0 saturated carbocycles. The number of piperidine rings is 1. The van der Waals surface area contributed by atoms with Gasteiger partial charge in [0.05, 0.1) is 30.0 Å². The third-order valence-electron chi connectivity index (χ3n) is 10.4. The Morgan fingerprint density at radius 3 is 2.58 bits per heavy atom. The Labute approximate surface area is 261 Å². The van der Waals surface area contributed by atoms with Crippen LogP contribution < -0.4 is 9.64 Å². The smallest absolute Gasteiger partial charge is 0.254 e. The molecule has 0 N–H and O–H groups in total. The highest BCUT2D eigenvalue weighted by Crippen LogP contribution is 2.37. The minimum Gasteiger partial charge on any atom is -0.491 e. The maximum atomic E-state index is 14.1. The Balaban J connectivity index is 0.971. The monoisotopic (exact) mass is 608 g/mol. The fourth-order valence-corrected chi connectivity index (χ4v) is 8.15. The minimum absolute atomic E-state index is 0.0789. The van der Waals surface area contributed by atoms with Gasteiger partial charge in [-0.25, -0.2) is 13.9 Å². The zero-order chi connectivity index (χ0) is 30.8. The molecule has 4 bridgehead atoms. The van der Waals surface area contributed by atoms with E-state index in [-0.39, 0.29) is 23.8 Å². The number of amides is 1. The predicted molar refractivity (Wildman–Crippen MR) is 168 cm³/mol. The normalized spacial score (nSPS) is 24.3. The maximum Gasteiger partial charge on any atom is 0.254 e. The van der Waals surface area contributed by atoms with Gasteiger partial charge in [0.15, 0.2) is 0 Å². The second-order valence-electron chi connectivity index (χ2n) is 13.1. The summed E-state index contributed by atoms with van der Waals surface area (Å²) in [6.07, 6.45) is 10.1. The van der Waals surface area contributed by atoms with E-state index in [0.717, 1.165) is 59.6 Å². The molecule has 4 aliphatic rings. The topological polar surface area (TPSA) is 83.3 Å². The number of rotatable bonds is 7. The molecular formula is C35H37FN6O3. The molecule has 0 radical (unpaired) electrons. The van der Waals surface area contributed by atoms with Crippen molar-refractivity contribution < 1.29 is 18.7 Å². The maximum absolute atomic E-state index is 14.1. The number of aromatic nitrogens is 3. The van der Waals surface area contributed by atoms with Crippen molar-refractivity contribution in [3.63, 3.8) is 0 Å². The van der Waals surface area contributed by atoms with Crippen LogP contribution in [0.2, 0.25) is 0 Å². The van der Waals surface area contributed by atoms with Crippen LogP contribution in [-0.4, -0.2) is 86.5 Å². The highest BCUT2D eigenvalue weighted by Gasteiger charge is 2.46. The third-order valence-corrected chi connectivity index (χ3v) is 10.4. The number of hydrogen-bond acceptors (Lipinski definition) is 7. The van der Waals surface area contributed by atoms with E-state index < -0.39 is 0 Å². The average molecular weight is 609 g/mol. The van der Waals surface area contributed by atoms with Gasteiger partial charge in [0.1, 0.15) is 29.8 Å². The molecule has 4 aromatic rings. The van der Waals surface area contributed by atoms with Crippen molar-refractivity contribution in [2.24, 2.45) is 0 Å². The summed E-state index contributed by atoms with van der Waals surface area (Å²) in [6, 6.07) is 11.9. The molecule has 9 nitrogen and oxygen atoms in total. The third kappa shape index (κ3) is 4.86. The molecule has 232 valence electrons. The first kappa shape index (κ1) is 28.2. The number of nitrogens with zero attached hydrogens (tertiary/aromatic N) is 6. The van der Waals surface area contributed by atoms with Crippen molar-refractivity contribution >= 4 is 23.0 Å². The lowest BCUT2D eigenvalue weighted by atomic mass is 10.0. The Morgan fingerprint density at radius 2 is 1.84 bits per heavy atom. The van der Waals surface area contributed by atoms with E-state index in [1.165, 1.54) is 6.07 Å². The number of Topliss-reactive ketones (excluding diaryl/α,β-unsaturated/α-hetero) is 1. The lowest BCUT2D eigenvalue weighted by molar-refractivity contribution is -0.123. The number of ether oxygens (including phenoxy) is 1. The minimum atomic E-state index is -0.348. The van der Waals surface area contributed by atoms with Crippen LogP contribution in [0.25, 0.3) is 16.6 Å². The van der Waals surface area contributed by atoms with Gasteiger partial charge < -0.3 is 14.5 Å².